The average Bonchev–Trinajstić information content (AvgIpc) is 3.09. The van der Waals surface area contributed by atoms with Crippen molar-refractivity contribution in [2.24, 2.45) is 0 Å². The van der Waals surface area contributed by atoms with Crippen LogP contribution in [-0.2, 0) is 11.3 Å². The van der Waals surface area contributed by atoms with E-state index in [9.17, 15) is 4.79 Å². The van der Waals surface area contributed by atoms with Crippen LogP contribution < -0.4 is 14.2 Å². The summed E-state index contributed by atoms with van der Waals surface area (Å²) in [6.45, 7) is 3.34. The molecule has 1 heterocycles. The minimum absolute atomic E-state index is 0.0634. The van der Waals surface area contributed by atoms with Crippen molar-refractivity contribution >= 4 is 12.0 Å². The van der Waals surface area contributed by atoms with E-state index in [1.807, 2.05) is 49.4 Å². The predicted molar refractivity (Wildman–Crippen MR) is 95.7 cm³/mol. The predicted octanol–water partition coefficient (Wildman–Crippen LogP) is 3.49. The van der Waals surface area contributed by atoms with Crippen LogP contribution in [0.2, 0.25) is 0 Å². The summed E-state index contributed by atoms with van der Waals surface area (Å²) in [5, 5.41) is 0. The highest BCUT2D eigenvalue weighted by Gasteiger charge is 2.14. The molecule has 0 atom stereocenters. The smallest absolute Gasteiger partial charge is 0.246 e. The molecule has 130 valence electrons. The number of ether oxygens (including phenoxy) is 3. The molecule has 1 aliphatic rings. The summed E-state index contributed by atoms with van der Waals surface area (Å²) in [6, 6.07) is 13.3. The van der Waals surface area contributed by atoms with Gasteiger partial charge in [-0.05, 0) is 48.4 Å². The molecule has 0 saturated carbocycles. The molecule has 0 spiro atoms. The number of likely N-dealkylation sites (N-methyl/N-ethyl adjacent to an activating group) is 1. The maximum Gasteiger partial charge on any atom is 0.246 e. The van der Waals surface area contributed by atoms with Gasteiger partial charge in [0.1, 0.15) is 5.75 Å². The zero-order valence-electron chi connectivity index (χ0n) is 14.4. The van der Waals surface area contributed by atoms with E-state index >= 15 is 0 Å². The molecular formula is C20H21NO4. The Morgan fingerprint density at radius 2 is 1.92 bits per heavy atom. The number of hydrogen-bond donors (Lipinski definition) is 0. The Labute approximate surface area is 147 Å². The fraction of sp³-hybridized carbons (Fsp3) is 0.250. The van der Waals surface area contributed by atoms with Crippen molar-refractivity contribution in [3.63, 3.8) is 0 Å². The van der Waals surface area contributed by atoms with Crippen LogP contribution >= 0.6 is 0 Å². The van der Waals surface area contributed by atoms with Crippen molar-refractivity contribution in [1.29, 1.82) is 0 Å². The van der Waals surface area contributed by atoms with Gasteiger partial charge in [-0.1, -0.05) is 18.2 Å². The lowest BCUT2D eigenvalue weighted by Gasteiger charge is -2.15. The number of nitrogens with zero attached hydrogens (tertiary/aromatic N) is 1. The summed E-state index contributed by atoms with van der Waals surface area (Å²) in [6.07, 6.45) is 3.37. The first-order chi connectivity index (χ1) is 12.2. The van der Waals surface area contributed by atoms with E-state index < -0.39 is 0 Å². The number of rotatable bonds is 6. The van der Waals surface area contributed by atoms with Gasteiger partial charge in [0.15, 0.2) is 11.5 Å². The van der Waals surface area contributed by atoms with E-state index in [2.05, 4.69) is 0 Å². The molecule has 0 bridgehead atoms. The quantitative estimate of drug-likeness (QED) is 0.756. The first-order valence-electron chi connectivity index (χ1n) is 8.20. The second kappa shape index (κ2) is 7.75. The summed E-state index contributed by atoms with van der Waals surface area (Å²) in [5.74, 6) is 2.23. The number of hydrogen-bond acceptors (Lipinski definition) is 4. The van der Waals surface area contributed by atoms with E-state index in [4.69, 9.17) is 14.2 Å². The third-order valence-electron chi connectivity index (χ3n) is 3.84. The van der Waals surface area contributed by atoms with Gasteiger partial charge in [-0.15, -0.1) is 0 Å². The molecule has 0 aliphatic carbocycles. The van der Waals surface area contributed by atoms with E-state index in [1.54, 1.807) is 24.1 Å². The van der Waals surface area contributed by atoms with E-state index in [0.717, 1.165) is 28.4 Å². The lowest BCUT2D eigenvalue weighted by molar-refractivity contribution is -0.125. The third kappa shape index (κ3) is 4.32. The molecule has 2 aromatic carbocycles. The maximum absolute atomic E-state index is 12.3. The lowest BCUT2D eigenvalue weighted by atomic mass is 10.2. The molecule has 2 aromatic rings. The van der Waals surface area contributed by atoms with E-state index in [-0.39, 0.29) is 12.7 Å². The van der Waals surface area contributed by atoms with Crippen LogP contribution in [0.5, 0.6) is 17.2 Å². The van der Waals surface area contributed by atoms with Gasteiger partial charge in [0.2, 0.25) is 12.7 Å². The van der Waals surface area contributed by atoms with E-state index in [1.165, 1.54) is 0 Å². The second-order valence-corrected chi connectivity index (χ2v) is 5.72. The van der Waals surface area contributed by atoms with Gasteiger partial charge in [0.25, 0.3) is 0 Å². The highest BCUT2D eigenvalue weighted by atomic mass is 16.7. The van der Waals surface area contributed by atoms with Gasteiger partial charge in [0, 0.05) is 19.7 Å². The molecule has 0 saturated heterocycles. The summed E-state index contributed by atoms with van der Waals surface area (Å²) < 4.78 is 16.1. The van der Waals surface area contributed by atoms with E-state index in [0.29, 0.717) is 13.2 Å². The van der Waals surface area contributed by atoms with Crippen LogP contribution in [0.1, 0.15) is 18.1 Å². The van der Waals surface area contributed by atoms with Crippen molar-refractivity contribution in [1.82, 2.24) is 4.90 Å². The zero-order chi connectivity index (χ0) is 17.6. The monoisotopic (exact) mass is 339 g/mol. The summed E-state index contributed by atoms with van der Waals surface area (Å²) in [7, 11) is 1.77. The molecule has 0 radical (unpaired) electrons. The van der Waals surface area contributed by atoms with Gasteiger partial charge < -0.3 is 19.1 Å². The molecule has 1 aliphatic heterocycles. The van der Waals surface area contributed by atoms with Gasteiger partial charge in [-0.2, -0.15) is 0 Å². The molecule has 0 fully saturated rings. The minimum Gasteiger partial charge on any atom is -0.494 e. The first-order valence-corrected chi connectivity index (χ1v) is 8.20. The Bertz CT molecular complexity index is 768. The Hall–Kier alpha value is -2.95. The summed E-state index contributed by atoms with van der Waals surface area (Å²) in [4.78, 5) is 13.9. The van der Waals surface area contributed by atoms with Crippen LogP contribution in [0.15, 0.2) is 48.5 Å². The van der Waals surface area contributed by atoms with Crippen LogP contribution in [0.25, 0.3) is 6.08 Å². The Kier molecular flexibility index (Phi) is 5.23. The number of fused-ring (bicyclic) bond motifs is 1. The number of carbonyl (C=O) groups excluding carboxylic acids is 1. The highest BCUT2D eigenvalue weighted by molar-refractivity contribution is 5.91. The molecule has 5 nitrogen and oxygen atoms in total. The molecule has 0 N–H and O–H groups in total. The number of amides is 1. The minimum atomic E-state index is -0.0634. The number of benzene rings is 2. The van der Waals surface area contributed by atoms with Crippen LogP contribution in [-0.4, -0.2) is 31.3 Å². The van der Waals surface area contributed by atoms with Crippen molar-refractivity contribution in [2.75, 3.05) is 20.4 Å². The Morgan fingerprint density at radius 1 is 1.16 bits per heavy atom. The summed E-state index contributed by atoms with van der Waals surface area (Å²) >= 11 is 0. The lowest BCUT2D eigenvalue weighted by Crippen LogP contribution is -2.24. The molecule has 5 heteroatoms. The largest absolute Gasteiger partial charge is 0.494 e. The molecule has 1 amide bonds. The van der Waals surface area contributed by atoms with Gasteiger partial charge in [-0.3, -0.25) is 4.79 Å². The standard InChI is InChI=1S/C20H21NO4/c1-3-23-17-8-4-15(5-9-17)7-11-20(22)21(2)13-16-6-10-18-19(12-16)25-14-24-18/h4-12H,3,13-14H2,1-2H3/b11-7+. The molecule has 0 aromatic heterocycles. The fourth-order valence-electron chi connectivity index (χ4n) is 2.53. The van der Waals surface area contributed by atoms with Gasteiger partial charge in [0.05, 0.1) is 6.61 Å². The van der Waals surface area contributed by atoms with Crippen LogP contribution in [0, 0.1) is 0 Å². The zero-order valence-corrected chi connectivity index (χ0v) is 14.4. The fourth-order valence-corrected chi connectivity index (χ4v) is 2.53. The topological polar surface area (TPSA) is 48.0 Å². The van der Waals surface area contributed by atoms with Crippen molar-refractivity contribution < 1.29 is 19.0 Å². The Morgan fingerprint density at radius 3 is 2.68 bits per heavy atom. The molecule has 25 heavy (non-hydrogen) atoms. The van der Waals surface area contributed by atoms with Crippen LogP contribution in [0.4, 0.5) is 0 Å². The third-order valence-corrected chi connectivity index (χ3v) is 3.84. The van der Waals surface area contributed by atoms with Gasteiger partial charge >= 0.3 is 0 Å². The second-order valence-electron chi connectivity index (χ2n) is 5.72. The van der Waals surface area contributed by atoms with Gasteiger partial charge in [-0.25, -0.2) is 0 Å². The number of carbonyl (C=O) groups is 1. The summed E-state index contributed by atoms with van der Waals surface area (Å²) in [5.41, 5.74) is 1.95. The average molecular weight is 339 g/mol. The molecule has 0 unspecified atom stereocenters. The molecule has 3 rings (SSSR count). The first kappa shape index (κ1) is 16.9. The van der Waals surface area contributed by atoms with Crippen LogP contribution in [0.3, 0.4) is 0 Å². The Balaban J connectivity index is 1.58. The highest BCUT2D eigenvalue weighted by Crippen LogP contribution is 2.32. The van der Waals surface area contributed by atoms with Crippen molar-refractivity contribution in [2.45, 2.75) is 13.5 Å². The molecular weight excluding hydrogens is 318 g/mol. The SMILES string of the molecule is CCOc1ccc(/C=C/C(=O)N(C)Cc2ccc3c(c2)OCO3)cc1. The van der Waals surface area contributed by atoms with Crippen molar-refractivity contribution in [3.05, 3.63) is 59.7 Å². The maximum atomic E-state index is 12.3. The normalized spacial score (nSPS) is 12.4. The van der Waals surface area contributed by atoms with Crippen molar-refractivity contribution in [3.8, 4) is 17.2 Å².